The number of carbonyl (C=O) groups excluding carboxylic acids is 1. The number of amides is 1. The van der Waals surface area contributed by atoms with Crippen molar-refractivity contribution in [2.24, 2.45) is 0 Å². The molecule has 6 nitrogen and oxygen atoms in total. The zero-order chi connectivity index (χ0) is 9.19. The second-order valence-corrected chi connectivity index (χ2v) is 4.14. The van der Waals surface area contributed by atoms with Crippen molar-refractivity contribution in [2.75, 3.05) is 0 Å². The lowest BCUT2D eigenvalue weighted by Crippen LogP contribution is -2.28. The molecule has 0 saturated carbocycles. The van der Waals surface area contributed by atoms with Crippen LogP contribution in [0, 0.1) is 0 Å². The van der Waals surface area contributed by atoms with Crippen LogP contribution in [0.3, 0.4) is 0 Å². The normalized spacial score (nSPS) is 11.1. The van der Waals surface area contributed by atoms with Crippen LogP contribution in [-0.4, -0.2) is 23.9 Å². The minimum atomic E-state index is -3.78. The van der Waals surface area contributed by atoms with Crippen molar-refractivity contribution in [2.45, 2.75) is 11.9 Å². The van der Waals surface area contributed by atoms with Gasteiger partial charge >= 0.3 is 0 Å². The van der Waals surface area contributed by atoms with Crippen LogP contribution in [-0.2, 0) is 14.8 Å². The lowest BCUT2D eigenvalue weighted by molar-refractivity contribution is -0.117. The van der Waals surface area contributed by atoms with Gasteiger partial charge in [-0.15, -0.1) is 5.10 Å². The highest BCUT2D eigenvalue weighted by Crippen LogP contribution is 2.04. The van der Waals surface area contributed by atoms with Gasteiger partial charge < -0.3 is 0 Å². The Hall–Kier alpha value is -1.02. The summed E-state index contributed by atoms with van der Waals surface area (Å²) in [4.78, 5) is 10.4. The second kappa shape index (κ2) is 3.15. The van der Waals surface area contributed by atoms with Crippen molar-refractivity contribution in [3.8, 4) is 0 Å². The number of nitrogens with zero attached hydrogens (tertiary/aromatic N) is 2. The van der Waals surface area contributed by atoms with E-state index in [1.54, 1.807) is 4.72 Å². The molecule has 1 rings (SSSR count). The first-order chi connectivity index (χ1) is 5.52. The van der Waals surface area contributed by atoms with E-state index in [0.717, 1.165) is 18.5 Å². The third-order valence-electron chi connectivity index (χ3n) is 0.893. The van der Waals surface area contributed by atoms with E-state index in [1.807, 2.05) is 0 Å². The molecule has 0 atom stereocenters. The Morgan fingerprint density at radius 3 is 2.75 bits per heavy atom. The third kappa shape index (κ3) is 1.98. The Labute approximate surface area is 72.8 Å². The summed E-state index contributed by atoms with van der Waals surface area (Å²) in [5.74, 6) is -0.650. The molecule has 0 aliphatic rings. The maximum absolute atomic E-state index is 11.1. The van der Waals surface area contributed by atoms with Crippen molar-refractivity contribution in [3.05, 3.63) is 5.38 Å². The number of aromatic nitrogens is 2. The molecule has 1 aromatic rings. The maximum atomic E-state index is 11.1. The van der Waals surface area contributed by atoms with Gasteiger partial charge in [-0.3, -0.25) is 4.79 Å². The lowest BCUT2D eigenvalue weighted by Gasteiger charge is -1.97. The summed E-state index contributed by atoms with van der Waals surface area (Å²) in [5.41, 5.74) is 0. The summed E-state index contributed by atoms with van der Waals surface area (Å²) >= 11 is 0.902. The molecule has 1 heterocycles. The molecule has 12 heavy (non-hydrogen) atoms. The first-order valence-corrected chi connectivity index (χ1v) is 5.15. The van der Waals surface area contributed by atoms with Crippen molar-refractivity contribution in [1.29, 1.82) is 0 Å². The Bertz CT molecular complexity index is 368. The maximum Gasteiger partial charge on any atom is 0.284 e. The van der Waals surface area contributed by atoms with Gasteiger partial charge in [0.05, 0.1) is 5.38 Å². The molecule has 0 unspecified atom stereocenters. The standard InChI is InChI=1S/C4H5N3O3S2/c1-3(8)6-12(9,10)4-2-11-7-5-4/h2H,1H3,(H,6,8). The highest BCUT2D eigenvalue weighted by molar-refractivity contribution is 7.90. The number of hydrogen-bond acceptors (Lipinski definition) is 6. The van der Waals surface area contributed by atoms with Crippen molar-refractivity contribution in [3.63, 3.8) is 0 Å². The molecule has 0 aromatic carbocycles. The molecule has 0 radical (unpaired) electrons. The molecular weight excluding hydrogens is 202 g/mol. The monoisotopic (exact) mass is 207 g/mol. The number of sulfonamides is 1. The average molecular weight is 207 g/mol. The summed E-state index contributed by atoms with van der Waals surface area (Å²) in [5, 5.41) is 4.31. The summed E-state index contributed by atoms with van der Waals surface area (Å²) in [6.07, 6.45) is 0. The van der Waals surface area contributed by atoms with Crippen LogP contribution in [0.1, 0.15) is 6.92 Å². The SMILES string of the molecule is CC(=O)NS(=O)(=O)c1csnn1. The molecular formula is C4H5N3O3S2. The predicted molar refractivity (Wildman–Crippen MR) is 40.9 cm³/mol. The fraction of sp³-hybridized carbons (Fsp3) is 0.250. The van der Waals surface area contributed by atoms with Crippen LogP contribution >= 0.6 is 11.5 Å². The van der Waals surface area contributed by atoms with Gasteiger partial charge in [-0.05, 0) is 11.5 Å². The molecule has 0 bridgehead atoms. The van der Waals surface area contributed by atoms with Crippen molar-refractivity contribution >= 4 is 27.5 Å². The zero-order valence-corrected chi connectivity index (χ0v) is 7.65. The predicted octanol–water partition coefficient (Wildman–Crippen LogP) is -0.637. The molecule has 0 spiro atoms. The molecule has 8 heteroatoms. The minimum absolute atomic E-state index is 0.234. The molecule has 0 aliphatic carbocycles. The largest absolute Gasteiger partial charge is 0.284 e. The first-order valence-electron chi connectivity index (χ1n) is 2.83. The van der Waals surface area contributed by atoms with Gasteiger partial charge in [0.1, 0.15) is 0 Å². The summed E-state index contributed by atoms with van der Waals surface area (Å²) in [6, 6.07) is 0. The first kappa shape index (κ1) is 9.07. The van der Waals surface area contributed by atoms with Crippen LogP contribution < -0.4 is 4.72 Å². The summed E-state index contributed by atoms with van der Waals surface area (Å²) < 4.78 is 27.3. The van der Waals surface area contributed by atoms with E-state index >= 15 is 0 Å². The van der Waals surface area contributed by atoms with Crippen molar-refractivity contribution < 1.29 is 13.2 Å². The van der Waals surface area contributed by atoms with Gasteiger partial charge in [-0.1, -0.05) is 4.49 Å². The Morgan fingerprint density at radius 2 is 2.33 bits per heavy atom. The molecule has 1 amide bonds. The fourth-order valence-corrected chi connectivity index (χ4v) is 2.15. The molecule has 0 fully saturated rings. The lowest BCUT2D eigenvalue weighted by atomic mass is 10.8. The fourth-order valence-electron chi connectivity index (χ4n) is 0.515. The van der Waals surface area contributed by atoms with E-state index in [1.165, 1.54) is 5.38 Å². The number of carbonyl (C=O) groups is 1. The van der Waals surface area contributed by atoms with Crippen LogP contribution in [0.4, 0.5) is 0 Å². The zero-order valence-electron chi connectivity index (χ0n) is 6.01. The van der Waals surface area contributed by atoms with Crippen LogP contribution in [0.25, 0.3) is 0 Å². The van der Waals surface area contributed by atoms with Gasteiger partial charge in [0, 0.05) is 6.92 Å². The van der Waals surface area contributed by atoms with Gasteiger partial charge in [0.2, 0.25) is 10.9 Å². The molecule has 1 N–H and O–H groups in total. The number of nitrogens with one attached hydrogen (secondary N) is 1. The van der Waals surface area contributed by atoms with E-state index in [4.69, 9.17) is 0 Å². The van der Waals surface area contributed by atoms with Crippen molar-refractivity contribution in [1.82, 2.24) is 14.3 Å². The minimum Gasteiger partial charge on any atom is -0.274 e. The summed E-state index contributed by atoms with van der Waals surface area (Å²) in [6.45, 7) is 1.11. The van der Waals surface area contributed by atoms with E-state index in [-0.39, 0.29) is 5.03 Å². The molecule has 1 aromatic heterocycles. The van der Waals surface area contributed by atoms with Crippen LogP contribution in [0.2, 0.25) is 0 Å². The van der Waals surface area contributed by atoms with Crippen LogP contribution in [0.15, 0.2) is 10.4 Å². The van der Waals surface area contributed by atoms with E-state index in [0.29, 0.717) is 0 Å². The van der Waals surface area contributed by atoms with E-state index in [2.05, 4.69) is 9.59 Å². The molecule has 0 aliphatic heterocycles. The Balaban J connectivity index is 2.96. The Morgan fingerprint density at radius 1 is 1.67 bits per heavy atom. The average Bonchev–Trinajstić information content (AvgIpc) is 2.32. The molecule has 0 saturated heterocycles. The second-order valence-electron chi connectivity index (χ2n) is 1.90. The van der Waals surface area contributed by atoms with Gasteiger partial charge in [-0.25, -0.2) is 4.72 Å². The van der Waals surface area contributed by atoms with Gasteiger partial charge in [0.15, 0.2) is 0 Å². The number of rotatable bonds is 2. The topological polar surface area (TPSA) is 89.0 Å². The highest BCUT2D eigenvalue weighted by Gasteiger charge is 2.17. The molecule has 66 valence electrons. The van der Waals surface area contributed by atoms with E-state index in [9.17, 15) is 13.2 Å². The quantitative estimate of drug-likeness (QED) is 0.697. The summed E-state index contributed by atoms with van der Waals surface area (Å²) in [7, 11) is -3.78. The van der Waals surface area contributed by atoms with Gasteiger partial charge in [-0.2, -0.15) is 8.42 Å². The van der Waals surface area contributed by atoms with Crippen LogP contribution in [0.5, 0.6) is 0 Å². The smallest absolute Gasteiger partial charge is 0.274 e. The van der Waals surface area contributed by atoms with Gasteiger partial charge in [0.25, 0.3) is 10.0 Å². The third-order valence-corrected chi connectivity index (χ3v) is 2.85. The number of hydrogen-bond donors (Lipinski definition) is 1. The highest BCUT2D eigenvalue weighted by atomic mass is 32.2. The Kier molecular flexibility index (Phi) is 2.38. The van der Waals surface area contributed by atoms with E-state index < -0.39 is 15.9 Å².